The van der Waals surface area contributed by atoms with Crippen LogP contribution in [0.4, 0.5) is 4.79 Å². The lowest BCUT2D eigenvalue weighted by Crippen LogP contribution is -2.54. The second-order valence-electron chi connectivity index (χ2n) is 6.77. The highest BCUT2D eigenvalue weighted by molar-refractivity contribution is 5.91. The van der Waals surface area contributed by atoms with Crippen LogP contribution in [0, 0.1) is 5.92 Å². The van der Waals surface area contributed by atoms with Crippen LogP contribution in [-0.2, 0) is 14.3 Å². The molecule has 2 atom stereocenters. The van der Waals surface area contributed by atoms with Crippen LogP contribution in [0.25, 0.3) is 0 Å². The third-order valence-electron chi connectivity index (χ3n) is 4.65. The van der Waals surface area contributed by atoms with E-state index in [4.69, 9.17) is 10.5 Å². The fraction of sp³-hybridized carbons (Fsp3) is 0.812. The first-order valence-corrected chi connectivity index (χ1v) is 8.47. The lowest BCUT2D eigenvalue weighted by Gasteiger charge is -2.29. The fourth-order valence-corrected chi connectivity index (χ4v) is 3.34. The predicted molar refractivity (Wildman–Crippen MR) is 84.4 cm³/mol. The Balaban J connectivity index is 1.98. The predicted octanol–water partition coefficient (Wildman–Crippen LogP) is 1.16. The topological polar surface area (TPSA) is 102 Å². The minimum atomic E-state index is -0.705. The second-order valence-corrected chi connectivity index (χ2v) is 6.77. The number of carbonyl (C=O) groups excluding carboxylic acids is 3. The molecular formula is C16H27N3O4. The molecule has 3 amide bonds. The van der Waals surface area contributed by atoms with Crippen molar-refractivity contribution in [2.45, 2.75) is 70.6 Å². The molecule has 1 heterocycles. The first-order chi connectivity index (χ1) is 10.9. The average Bonchev–Trinajstić information content (AvgIpc) is 3.14. The van der Waals surface area contributed by atoms with Gasteiger partial charge >= 0.3 is 6.09 Å². The Morgan fingerprint density at radius 2 is 1.78 bits per heavy atom. The summed E-state index contributed by atoms with van der Waals surface area (Å²) in [5, 5.41) is 2.68. The largest absolute Gasteiger partial charge is 0.446 e. The number of primary amides is 1. The Hall–Kier alpha value is -1.79. The number of rotatable bonds is 5. The quantitative estimate of drug-likeness (QED) is 0.791. The normalized spacial score (nSPS) is 23.1. The molecule has 7 nitrogen and oxygen atoms in total. The van der Waals surface area contributed by atoms with E-state index in [2.05, 4.69) is 5.32 Å². The van der Waals surface area contributed by atoms with Gasteiger partial charge in [-0.1, -0.05) is 13.8 Å². The van der Waals surface area contributed by atoms with Crippen LogP contribution >= 0.6 is 0 Å². The SMILES string of the molecule is CC(C)[C@H](NC(=O)OC1CCCC1)C(=O)N1CCC[C@H]1C(N)=O. The first kappa shape index (κ1) is 17.6. The van der Waals surface area contributed by atoms with E-state index in [-0.39, 0.29) is 17.9 Å². The number of likely N-dealkylation sites (tertiary alicyclic amines) is 1. The number of ether oxygens (including phenoxy) is 1. The van der Waals surface area contributed by atoms with Gasteiger partial charge in [-0.3, -0.25) is 9.59 Å². The molecule has 130 valence electrons. The van der Waals surface area contributed by atoms with Crippen LogP contribution in [0.2, 0.25) is 0 Å². The number of nitrogens with zero attached hydrogens (tertiary/aromatic N) is 1. The lowest BCUT2D eigenvalue weighted by atomic mass is 10.0. The Morgan fingerprint density at radius 3 is 2.35 bits per heavy atom. The number of alkyl carbamates (subject to hydrolysis) is 1. The van der Waals surface area contributed by atoms with Gasteiger partial charge in [0.15, 0.2) is 0 Å². The van der Waals surface area contributed by atoms with E-state index in [0.29, 0.717) is 13.0 Å². The van der Waals surface area contributed by atoms with E-state index in [1.54, 1.807) is 0 Å². The number of hydrogen-bond donors (Lipinski definition) is 2. The number of nitrogens with one attached hydrogen (secondary N) is 1. The van der Waals surface area contributed by atoms with E-state index < -0.39 is 24.1 Å². The summed E-state index contributed by atoms with van der Waals surface area (Å²) in [5.74, 6) is -0.857. The van der Waals surface area contributed by atoms with Crippen LogP contribution < -0.4 is 11.1 Å². The summed E-state index contributed by atoms with van der Waals surface area (Å²) in [5.41, 5.74) is 5.37. The molecule has 2 fully saturated rings. The van der Waals surface area contributed by atoms with Crippen LogP contribution in [0.5, 0.6) is 0 Å². The Labute approximate surface area is 136 Å². The van der Waals surface area contributed by atoms with Crippen molar-refractivity contribution >= 4 is 17.9 Å². The van der Waals surface area contributed by atoms with Gasteiger partial charge in [0.25, 0.3) is 0 Å². The summed E-state index contributed by atoms with van der Waals surface area (Å²) in [6, 6.07) is -1.28. The summed E-state index contributed by atoms with van der Waals surface area (Å²) < 4.78 is 5.37. The van der Waals surface area contributed by atoms with Crippen molar-refractivity contribution in [3.8, 4) is 0 Å². The molecule has 7 heteroatoms. The molecule has 2 rings (SSSR count). The third kappa shape index (κ3) is 4.36. The Kier molecular flexibility index (Phi) is 5.85. The zero-order valence-electron chi connectivity index (χ0n) is 13.9. The Bertz CT molecular complexity index is 460. The minimum absolute atomic E-state index is 0.0527. The van der Waals surface area contributed by atoms with Crippen molar-refractivity contribution in [2.24, 2.45) is 11.7 Å². The van der Waals surface area contributed by atoms with Gasteiger partial charge < -0.3 is 20.7 Å². The highest BCUT2D eigenvalue weighted by atomic mass is 16.6. The molecule has 1 saturated heterocycles. The molecule has 1 saturated carbocycles. The zero-order chi connectivity index (χ0) is 17.0. The van der Waals surface area contributed by atoms with Gasteiger partial charge in [0.05, 0.1) is 0 Å². The summed E-state index contributed by atoms with van der Waals surface area (Å²) in [6.45, 7) is 4.20. The summed E-state index contributed by atoms with van der Waals surface area (Å²) in [6.07, 6.45) is 4.61. The van der Waals surface area contributed by atoms with E-state index in [1.165, 1.54) is 4.90 Å². The molecule has 1 aliphatic heterocycles. The standard InChI is InChI=1S/C16H27N3O4/c1-10(2)13(18-16(22)23-11-6-3-4-7-11)15(21)19-9-5-8-12(19)14(17)20/h10-13H,3-9H2,1-2H3,(H2,17,20)(H,18,22)/t12-,13-/m0/s1. The van der Waals surface area contributed by atoms with E-state index in [1.807, 2.05) is 13.8 Å². The summed E-state index contributed by atoms with van der Waals surface area (Å²) >= 11 is 0. The zero-order valence-corrected chi connectivity index (χ0v) is 13.9. The molecule has 23 heavy (non-hydrogen) atoms. The van der Waals surface area contributed by atoms with Crippen LogP contribution in [0.15, 0.2) is 0 Å². The van der Waals surface area contributed by atoms with Gasteiger partial charge in [-0.25, -0.2) is 4.79 Å². The first-order valence-electron chi connectivity index (χ1n) is 8.47. The molecule has 0 unspecified atom stereocenters. The van der Waals surface area contributed by atoms with Crippen LogP contribution in [0.3, 0.4) is 0 Å². The molecule has 0 spiro atoms. The van der Waals surface area contributed by atoms with Crippen molar-refractivity contribution in [3.05, 3.63) is 0 Å². The molecule has 0 aromatic heterocycles. The molecule has 3 N–H and O–H groups in total. The second kappa shape index (κ2) is 7.66. The molecule has 0 bridgehead atoms. The van der Waals surface area contributed by atoms with Gasteiger partial charge in [0.1, 0.15) is 18.2 Å². The molecule has 0 radical (unpaired) electrons. The van der Waals surface area contributed by atoms with Gasteiger partial charge in [-0.2, -0.15) is 0 Å². The van der Waals surface area contributed by atoms with Gasteiger partial charge in [0.2, 0.25) is 11.8 Å². The van der Waals surface area contributed by atoms with Crippen molar-refractivity contribution in [1.82, 2.24) is 10.2 Å². The summed E-state index contributed by atoms with van der Waals surface area (Å²) in [4.78, 5) is 37.7. The molecule has 2 aliphatic rings. The smallest absolute Gasteiger partial charge is 0.408 e. The highest BCUT2D eigenvalue weighted by Gasteiger charge is 2.38. The van der Waals surface area contributed by atoms with Crippen molar-refractivity contribution < 1.29 is 19.1 Å². The molecular weight excluding hydrogens is 298 g/mol. The van der Waals surface area contributed by atoms with Crippen molar-refractivity contribution in [3.63, 3.8) is 0 Å². The van der Waals surface area contributed by atoms with E-state index in [9.17, 15) is 14.4 Å². The molecule has 0 aromatic carbocycles. The van der Waals surface area contributed by atoms with Crippen molar-refractivity contribution in [1.29, 1.82) is 0 Å². The van der Waals surface area contributed by atoms with Gasteiger partial charge in [-0.15, -0.1) is 0 Å². The van der Waals surface area contributed by atoms with Gasteiger partial charge in [0, 0.05) is 6.54 Å². The van der Waals surface area contributed by atoms with Crippen LogP contribution in [0.1, 0.15) is 52.4 Å². The summed E-state index contributed by atoms with van der Waals surface area (Å²) in [7, 11) is 0. The monoisotopic (exact) mass is 325 g/mol. The Morgan fingerprint density at radius 1 is 1.13 bits per heavy atom. The number of carbonyl (C=O) groups is 3. The maximum atomic E-state index is 12.7. The van der Waals surface area contributed by atoms with E-state index in [0.717, 1.165) is 32.1 Å². The number of nitrogens with two attached hydrogens (primary N) is 1. The fourth-order valence-electron chi connectivity index (χ4n) is 3.34. The highest BCUT2D eigenvalue weighted by Crippen LogP contribution is 2.22. The maximum absolute atomic E-state index is 12.7. The third-order valence-corrected chi connectivity index (χ3v) is 4.65. The number of amides is 3. The average molecular weight is 325 g/mol. The van der Waals surface area contributed by atoms with Crippen molar-refractivity contribution in [2.75, 3.05) is 6.54 Å². The van der Waals surface area contributed by atoms with Crippen LogP contribution in [-0.4, -0.2) is 47.5 Å². The molecule has 1 aliphatic carbocycles. The lowest BCUT2D eigenvalue weighted by molar-refractivity contribution is -0.139. The number of hydrogen-bond acceptors (Lipinski definition) is 4. The van der Waals surface area contributed by atoms with Gasteiger partial charge in [-0.05, 0) is 44.4 Å². The van der Waals surface area contributed by atoms with E-state index >= 15 is 0 Å². The maximum Gasteiger partial charge on any atom is 0.408 e. The molecule has 0 aromatic rings. The minimum Gasteiger partial charge on any atom is -0.446 e.